The van der Waals surface area contributed by atoms with Gasteiger partial charge in [-0.15, -0.1) is 119 Å². The average Bonchev–Trinajstić information content (AvgIpc) is 0.755. The van der Waals surface area contributed by atoms with Gasteiger partial charge in [0.15, 0.2) is 0 Å². The van der Waals surface area contributed by atoms with Crippen molar-refractivity contribution in [3.63, 3.8) is 0 Å². The molecule has 0 saturated heterocycles. The van der Waals surface area contributed by atoms with E-state index in [1.165, 1.54) is 11.1 Å². The van der Waals surface area contributed by atoms with Crippen molar-refractivity contribution in [3.8, 4) is 179 Å². The van der Waals surface area contributed by atoms with Crippen molar-refractivity contribution in [1.29, 1.82) is 0 Å². The quantitative estimate of drug-likeness (QED) is 0.0882. The van der Waals surface area contributed by atoms with E-state index >= 15 is 0 Å². The Labute approximate surface area is 733 Å². The summed E-state index contributed by atoms with van der Waals surface area (Å²) in [5.74, 6) is 0.538. The minimum absolute atomic E-state index is 0. The maximum atomic E-state index is 4.84. The van der Waals surface area contributed by atoms with E-state index in [0.717, 1.165) is 179 Å². The van der Waals surface area contributed by atoms with Gasteiger partial charge >= 0.3 is 40.2 Å². The van der Waals surface area contributed by atoms with Crippen LogP contribution in [0, 0.1) is 36.4 Å². The normalized spacial score (nSPS) is 11.7. The second-order valence-corrected chi connectivity index (χ2v) is 34.4. The first-order valence-corrected chi connectivity index (χ1v) is 40.2. The molecule has 17 rings (SSSR count). The van der Waals surface area contributed by atoms with Crippen LogP contribution in [-0.4, -0.2) is 39.9 Å². The van der Waals surface area contributed by atoms with Gasteiger partial charge in [-0.05, 0) is 172 Å². The van der Waals surface area contributed by atoms with Crippen molar-refractivity contribution in [3.05, 3.63) is 375 Å². The number of rotatable bonds is 16. The number of hydrogen-bond acceptors (Lipinski definition) is 8. The fraction of sp³-hybridized carbons (Fsp3) is 0.145. The van der Waals surface area contributed by atoms with E-state index < -0.39 is 0 Å². The molecule has 0 unspecified atom stereocenters. The third-order valence-corrected chi connectivity index (χ3v) is 22.0. The Morgan fingerprint density at radius 3 is 0.792 bits per heavy atom. The Balaban J connectivity index is 0.00000561. The van der Waals surface area contributed by atoms with E-state index in [-0.39, 0.29) is 61.9 Å². The average molecular weight is 1910 g/mol. The maximum absolute atomic E-state index is 4.84. The van der Waals surface area contributed by atoms with Crippen LogP contribution in [0.2, 0.25) is 0 Å². The van der Waals surface area contributed by atoms with Crippen molar-refractivity contribution >= 4 is 0 Å². The second-order valence-electron chi connectivity index (χ2n) is 34.4. The molecule has 120 heavy (non-hydrogen) atoms. The fourth-order valence-electron chi connectivity index (χ4n) is 15.5. The van der Waals surface area contributed by atoms with Crippen LogP contribution in [0.5, 0.6) is 0 Å². The smallest absolute Gasteiger partial charge is 0.333 e. The monoisotopic (exact) mass is 1910 g/mol. The zero-order valence-corrected chi connectivity index (χ0v) is 74.1. The van der Waals surface area contributed by atoms with Gasteiger partial charge in [-0.3, -0.25) is 22.1 Å². The van der Waals surface area contributed by atoms with E-state index in [1.54, 1.807) is 25.0 Å². The predicted octanol–water partition coefficient (Wildman–Crippen LogP) is 27.5. The molecule has 0 saturated carbocycles. The van der Waals surface area contributed by atoms with Crippen LogP contribution in [0.1, 0.15) is 106 Å². The van der Waals surface area contributed by atoms with Gasteiger partial charge in [-0.25, -0.2) is 27.7 Å². The zero-order chi connectivity index (χ0) is 81.5. The van der Waals surface area contributed by atoms with Crippen molar-refractivity contribution in [2.24, 2.45) is 0 Å². The molecule has 0 amide bonds. The Hall–Kier alpha value is -12.5. The topological polar surface area (TPSA) is 103 Å². The van der Waals surface area contributed by atoms with Gasteiger partial charge in [0.2, 0.25) is 0 Å². The van der Waals surface area contributed by atoms with Crippen LogP contribution in [0.4, 0.5) is 0 Å². The van der Waals surface area contributed by atoms with E-state index in [0.29, 0.717) is 11.4 Å². The second kappa shape index (κ2) is 34.4. The molecule has 586 valence electrons. The van der Waals surface area contributed by atoms with Gasteiger partial charge in [0.1, 0.15) is 12.7 Å². The molecular formula is C110H88Ir2N8. The molecule has 5 aromatic heterocycles. The Kier molecular flexibility index (Phi) is 23.7. The molecule has 17 aromatic rings. The van der Waals surface area contributed by atoms with Crippen molar-refractivity contribution < 1.29 is 40.2 Å². The first-order valence-electron chi connectivity index (χ1n) is 40.2. The summed E-state index contributed by atoms with van der Waals surface area (Å²) in [6, 6.07) is 122. The Morgan fingerprint density at radius 1 is 0.217 bits per heavy atom. The van der Waals surface area contributed by atoms with Crippen LogP contribution in [-0.2, 0) is 61.9 Å². The zero-order valence-electron chi connectivity index (χ0n) is 69.3. The summed E-state index contributed by atoms with van der Waals surface area (Å²) in [7, 11) is 0. The van der Waals surface area contributed by atoms with E-state index in [9.17, 15) is 0 Å². The van der Waals surface area contributed by atoms with Gasteiger partial charge in [-0.1, -0.05) is 273 Å². The van der Waals surface area contributed by atoms with Crippen LogP contribution in [0.15, 0.2) is 316 Å². The van der Waals surface area contributed by atoms with Crippen LogP contribution >= 0.6 is 0 Å². The molecule has 0 aliphatic heterocycles. The van der Waals surface area contributed by atoms with Crippen molar-refractivity contribution in [2.45, 2.75) is 105 Å². The molecule has 0 atom stereocenters. The van der Waals surface area contributed by atoms with Crippen molar-refractivity contribution in [1.82, 2.24) is 39.9 Å². The standard InChI is InChI=1S/C110H88N8.2Ir/c1-107(2,3)87-53-57-111-99(65-87)75-41-33-71(34-42-75)89-23-13-17-27-93(89)81-59-82(94-28-18-14-24-90(94)72-35-43-76(44-36-72)100-66-88(54-58-112-100)108(4,5)6)62-85(61-81)97-31-21-32-98(105(97)79-49-51-80(52-50-79)106-113-55-22-56-114-106)86-63-83(95-29-19-15-25-91(95)73-37-45-77(46-38-73)101-67-103(109(7,8)9)117-69-115-101)60-84(64-86)96-30-20-16-26-92(96)74-39-47-78(48-40-74)102-68-104(110(10,11)12)118-70-116-102;;/h13-41,43,45,47,49-50,53-70H,1-12H3;;/q-6;2*+3. The number of hydrogen-bond donors (Lipinski definition) is 0. The summed E-state index contributed by atoms with van der Waals surface area (Å²) in [6.07, 6.45) is 10.6. The first kappa shape index (κ1) is 82.6. The van der Waals surface area contributed by atoms with Crippen LogP contribution in [0.25, 0.3) is 179 Å². The fourth-order valence-corrected chi connectivity index (χ4v) is 15.5. The summed E-state index contributed by atoms with van der Waals surface area (Å²) >= 11 is 0. The molecule has 0 spiro atoms. The van der Waals surface area contributed by atoms with Gasteiger partial charge in [-0.2, -0.15) is 5.56 Å². The molecule has 0 radical (unpaired) electrons. The minimum atomic E-state index is -0.154. The SMILES string of the molecule is CC(C)(C)c1ccnc(-c2[c-]cc(-c3ccccc3-c3cc(-c4ccccc4-c4c[c-]c(-c5cc(C(C)(C)C)ccn5)cc4)cc(-c4cccc(-c5cc(-c6ccccc6-c6c[c-]c(-c7cc(C(C)(C)C)ncn7)cc6)cc(-c6ccccc6-c6c[c-]c(-c7cc(C(C)(C)C)ncn7)cc6)c5)c4-c4c[c-]c(-c5ncccn5)[c-]c4)c3)cc2)c1.[Ir+3].[Ir+3]. The van der Waals surface area contributed by atoms with E-state index in [4.69, 9.17) is 19.9 Å². The summed E-state index contributed by atoms with van der Waals surface area (Å²) in [6.45, 7) is 26.4. The molecule has 0 aliphatic carbocycles. The van der Waals surface area contributed by atoms with E-state index in [1.807, 2.05) is 18.5 Å². The molecule has 0 fully saturated rings. The van der Waals surface area contributed by atoms with Crippen LogP contribution in [0.3, 0.4) is 0 Å². The largest absolute Gasteiger partial charge is 3.00 e. The number of nitrogens with zero attached hydrogens (tertiary/aromatic N) is 8. The van der Waals surface area contributed by atoms with Gasteiger partial charge in [0, 0.05) is 47.0 Å². The summed E-state index contributed by atoms with van der Waals surface area (Å²) < 4.78 is 0. The van der Waals surface area contributed by atoms with E-state index in [2.05, 4.69) is 412 Å². The third kappa shape index (κ3) is 17.6. The third-order valence-electron chi connectivity index (χ3n) is 22.0. The Morgan fingerprint density at radius 2 is 0.500 bits per heavy atom. The molecule has 8 nitrogen and oxygen atoms in total. The molecule has 0 N–H and O–H groups in total. The first-order chi connectivity index (χ1) is 57.0. The number of benzene rings is 12. The number of pyridine rings is 2. The molecule has 12 aromatic carbocycles. The molecular weight excluding hydrogens is 1820 g/mol. The van der Waals surface area contributed by atoms with Gasteiger partial charge in [0.05, 0.1) is 0 Å². The molecule has 10 heteroatoms. The minimum Gasteiger partial charge on any atom is -0.333 e. The molecule has 0 bridgehead atoms. The maximum Gasteiger partial charge on any atom is 3.00 e. The predicted molar refractivity (Wildman–Crippen MR) is 484 cm³/mol. The molecule has 5 heterocycles. The van der Waals surface area contributed by atoms with Gasteiger partial charge in [0.25, 0.3) is 0 Å². The molecule has 0 aliphatic rings. The van der Waals surface area contributed by atoms with Crippen molar-refractivity contribution in [2.75, 3.05) is 0 Å². The van der Waals surface area contributed by atoms with Crippen LogP contribution < -0.4 is 0 Å². The number of aromatic nitrogens is 8. The summed E-state index contributed by atoms with van der Waals surface area (Å²) in [5.41, 5.74) is 34.3. The Bertz CT molecular complexity index is 5870. The van der Waals surface area contributed by atoms with Gasteiger partial charge < -0.3 is 19.9 Å². The summed E-state index contributed by atoms with van der Waals surface area (Å²) in [4.78, 5) is 37.8. The summed E-state index contributed by atoms with van der Waals surface area (Å²) in [5, 5.41) is 0.